The van der Waals surface area contributed by atoms with Gasteiger partial charge in [-0.25, -0.2) is 4.98 Å². The van der Waals surface area contributed by atoms with E-state index in [1.807, 2.05) is 18.7 Å². The van der Waals surface area contributed by atoms with Crippen LogP contribution in [0.1, 0.15) is 24.6 Å². The van der Waals surface area contributed by atoms with Crippen LogP contribution in [-0.2, 0) is 6.42 Å². The van der Waals surface area contributed by atoms with Gasteiger partial charge in [-0.15, -0.1) is 11.8 Å². The lowest BCUT2D eigenvalue weighted by Crippen LogP contribution is -2.29. The van der Waals surface area contributed by atoms with Gasteiger partial charge in [-0.1, -0.05) is 48.6 Å². The molecule has 0 atom stereocenters. The Bertz CT molecular complexity index is 554. The molecule has 120 valence electrons. The zero-order valence-electron chi connectivity index (χ0n) is 13.4. The van der Waals surface area contributed by atoms with Crippen LogP contribution < -0.4 is 5.73 Å². The van der Waals surface area contributed by atoms with Gasteiger partial charge in [0.25, 0.3) is 0 Å². The second-order valence-electron chi connectivity index (χ2n) is 5.35. The molecule has 0 fully saturated rings. The van der Waals surface area contributed by atoms with E-state index in [1.54, 1.807) is 11.3 Å². The zero-order chi connectivity index (χ0) is 15.8. The third-order valence-corrected chi connectivity index (χ3v) is 5.84. The molecule has 1 aromatic heterocycles. The molecule has 0 saturated heterocycles. The van der Waals surface area contributed by atoms with Crippen LogP contribution in [0.4, 0.5) is 5.13 Å². The Labute approximate surface area is 141 Å². The molecule has 3 nitrogen and oxygen atoms in total. The van der Waals surface area contributed by atoms with Crippen molar-refractivity contribution in [3.63, 3.8) is 0 Å². The summed E-state index contributed by atoms with van der Waals surface area (Å²) in [5.74, 6) is 1.09. The lowest BCUT2D eigenvalue weighted by atomic mass is 10.1. The summed E-state index contributed by atoms with van der Waals surface area (Å²) in [5.41, 5.74) is 8.24. The van der Waals surface area contributed by atoms with Gasteiger partial charge < -0.3 is 10.6 Å². The molecule has 2 aromatic rings. The monoisotopic (exact) mass is 335 g/mol. The molecular formula is C17H25N3S2. The van der Waals surface area contributed by atoms with Gasteiger partial charge in [0.05, 0.1) is 9.90 Å². The molecule has 22 heavy (non-hydrogen) atoms. The van der Waals surface area contributed by atoms with E-state index in [2.05, 4.69) is 47.1 Å². The number of hydrogen-bond acceptors (Lipinski definition) is 5. The summed E-state index contributed by atoms with van der Waals surface area (Å²) in [5, 5.41) is 0.675. The maximum Gasteiger partial charge on any atom is 0.181 e. The normalized spacial score (nSPS) is 11.2. The maximum atomic E-state index is 5.75. The topological polar surface area (TPSA) is 42.1 Å². The number of nitrogen functional groups attached to an aromatic ring is 1. The van der Waals surface area contributed by atoms with Crippen LogP contribution in [0.3, 0.4) is 0 Å². The molecule has 5 heteroatoms. The van der Waals surface area contributed by atoms with Crippen molar-refractivity contribution in [3.8, 4) is 0 Å². The van der Waals surface area contributed by atoms with Crippen LogP contribution in [0.5, 0.6) is 0 Å². The average molecular weight is 336 g/mol. The second kappa shape index (κ2) is 9.18. The Hall–Kier alpha value is -1.04. The van der Waals surface area contributed by atoms with Crippen LogP contribution in [0, 0.1) is 6.92 Å². The fourth-order valence-electron chi connectivity index (χ4n) is 2.39. The lowest BCUT2D eigenvalue weighted by molar-refractivity contribution is 0.295. The number of aryl methyl sites for hydroxylation is 1. The Kier molecular flexibility index (Phi) is 7.22. The van der Waals surface area contributed by atoms with Crippen LogP contribution in [-0.4, -0.2) is 35.3 Å². The summed E-state index contributed by atoms with van der Waals surface area (Å²) < 4.78 is 1.26. The molecule has 2 rings (SSSR count). The van der Waals surface area contributed by atoms with Crippen molar-refractivity contribution in [1.29, 1.82) is 0 Å². The lowest BCUT2D eigenvalue weighted by Gasteiger charge is -2.21. The van der Waals surface area contributed by atoms with Crippen molar-refractivity contribution >= 4 is 28.2 Å². The summed E-state index contributed by atoms with van der Waals surface area (Å²) in [7, 11) is 0. The van der Waals surface area contributed by atoms with E-state index in [-0.39, 0.29) is 0 Å². The van der Waals surface area contributed by atoms with E-state index in [0.29, 0.717) is 5.13 Å². The number of aromatic nitrogens is 1. The molecule has 0 amide bonds. The molecule has 0 bridgehead atoms. The van der Waals surface area contributed by atoms with E-state index in [0.717, 1.165) is 37.5 Å². The maximum absolute atomic E-state index is 5.75. The molecule has 0 aliphatic carbocycles. The van der Waals surface area contributed by atoms with Gasteiger partial charge in [0.1, 0.15) is 0 Å². The number of anilines is 1. The first-order valence-corrected chi connectivity index (χ1v) is 9.61. The molecule has 1 aromatic carbocycles. The van der Waals surface area contributed by atoms with Crippen molar-refractivity contribution in [2.24, 2.45) is 0 Å². The predicted octanol–water partition coefficient (Wildman–Crippen LogP) is 4.08. The molecule has 0 radical (unpaired) electrons. The van der Waals surface area contributed by atoms with Gasteiger partial charge in [0.2, 0.25) is 0 Å². The Morgan fingerprint density at radius 3 is 2.59 bits per heavy atom. The highest BCUT2D eigenvalue weighted by molar-refractivity contribution is 8.01. The molecule has 0 aliphatic rings. The number of hydrogen-bond donors (Lipinski definition) is 1. The molecule has 0 saturated carbocycles. The van der Waals surface area contributed by atoms with Gasteiger partial charge in [-0.3, -0.25) is 0 Å². The highest BCUT2D eigenvalue weighted by Crippen LogP contribution is 2.30. The van der Waals surface area contributed by atoms with Gasteiger partial charge in [-0.2, -0.15) is 0 Å². The number of thiazole rings is 1. The smallest absolute Gasteiger partial charge is 0.181 e. The van der Waals surface area contributed by atoms with E-state index in [9.17, 15) is 0 Å². The number of nitrogens with two attached hydrogens (primary N) is 1. The van der Waals surface area contributed by atoms with Crippen LogP contribution in [0.15, 0.2) is 34.5 Å². The van der Waals surface area contributed by atoms with Crippen molar-refractivity contribution < 1.29 is 0 Å². The summed E-state index contributed by atoms with van der Waals surface area (Å²) in [4.78, 5) is 6.84. The fraction of sp³-hybridized carbons (Fsp3) is 0.471. The Morgan fingerprint density at radius 1 is 1.18 bits per heavy atom. The minimum atomic E-state index is 0.675. The van der Waals surface area contributed by atoms with Gasteiger partial charge >= 0.3 is 0 Å². The van der Waals surface area contributed by atoms with Crippen molar-refractivity contribution in [1.82, 2.24) is 9.88 Å². The zero-order valence-corrected chi connectivity index (χ0v) is 15.1. The molecule has 2 N–H and O–H groups in total. The first kappa shape index (κ1) is 17.3. The highest BCUT2D eigenvalue weighted by atomic mass is 32.2. The van der Waals surface area contributed by atoms with E-state index < -0.39 is 0 Å². The average Bonchev–Trinajstić information content (AvgIpc) is 2.84. The van der Waals surface area contributed by atoms with Crippen LogP contribution in [0.2, 0.25) is 0 Å². The summed E-state index contributed by atoms with van der Waals surface area (Å²) >= 11 is 3.48. The van der Waals surface area contributed by atoms with E-state index in [1.165, 1.54) is 16.2 Å². The first-order valence-electron chi connectivity index (χ1n) is 7.81. The molecule has 0 aliphatic heterocycles. The van der Waals surface area contributed by atoms with Crippen molar-refractivity contribution in [2.45, 2.75) is 30.9 Å². The number of nitrogens with zero attached hydrogens (tertiary/aromatic N) is 2. The van der Waals surface area contributed by atoms with E-state index in [4.69, 9.17) is 5.73 Å². The largest absolute Gasteiger partial charge is 0.375 e. The van der Waals surface area contributed by atoms with Crippen LogP contribution >= 0.6 is 23.1 Å². The number of benzene rings is 1. The van der Waals surface area contributed by atoms with Gasteiger partial charge in [-0.05, 0) is 31.9 Å². The third kappa shape index (κ3) is 5.63. The standard InChI is InChI=1S/C17H25N3S2/c1-3-10-20(11-9-15-7-5-4-6-8-15)12-13-21-16-14(2)19-17(18)22-16/h4-8H,3,9-13H2,1-2H3,(H2,18,19). The van der Waals surface area contributed by atoms with Gasteiger partial charge in [0, 0.05) is 18.8 Å². The molecule has 1 heterocycles. The number of rotatable bonds is 9. The minimum absolute atomic E-state index is 0.675. The Morgan fingerprint density at radius 2 is 1.95 bits per heavy atom. The minimum Gasteiger partial charge on any atom is -0.375 e. The third-order valence-electron chi connectivity index (χ3n) is 3.51. The SMILES string of the molecule is CCCN(CCSc1sc(N)nc1C)CCc1ccccc1. The van der Waals surface area contributed by atoms with Crippen molar-refractivity contribution in [2.75, 3.05) is 31.1 Å². The number of thioether (sulfide) groups is 1. The first-order chi connectivity index (χ1) is 10.7. The molecule has 0 unspecified atom stereocenters. The molecular weight excluding hydrogens is 310 g/mol. The summed E-state index contributed by atoms with van der Waals surface area (Å²) in [6, 6.07) is 10.7. The predicted molar refractivity (Wildman–Crippen MR) is 98.9 cm³/mol. The van der Waals surface area contributed by atoms with Crippen LogP contribution in [0.25, 0.3) is 0 Å². The fourth-order valence-corrected chi connectivity index (χ4v) is 4.48. The summed E-state index contributed by atoms with van der Waals surface area (Å²) in [6.45, 7) is 7.69. The molecule has 0 spiro atoms. The van der Waals surface area contributed by atoms with Crippen molar-refractivity contribution in [3.05, 3.63) is 41.6 Å². The van der Waals surface area contributed by atoms with E-state index >= 15 is 0 Å². The van der Waals surface area contributed by atoms with Gasteiger partial charge in [0.15, 0.2) is 5.13 Å². The quantitative estimate of drug-likeness (QED) is 0.701. The summed E-state index contributed by atoms with van der Waals surface area (Å²) in [6.07, 6.45) is 2.32. The second-order valence-corrected chi connectivity index (χ2v) is 7.74. The Balaban J connectivity index is 1.77. The highest BCUT2D eigenvalue weighted by Gasteiger charge is 2.08.